The Morgan fingerprint density at radius 3 is 2.95 bits per heavy atom. The van der Waals surface area contributed by atoms with Crippen LogP contribution in [0.25, 0.3) is 10.9 Å². The highest BCUT2D eigenvalue weighted by Crippen LogP contribution is 2.17. The minimum absolute atomic E-state index is 0.0648. The van der Waals surface area contributed by atoms with E-state index in [9.17, 15) is 4.79 Å². The average Bonchev–Trinajstić information content (AvgIpc) is 3.04. The first kappa shape index (κ1) is 13.4. The third-order valence-electron chi connectivity index (χ3n) is 3.44. The number of hydrogen-bond acceptors (Lipinski definition) is 3. The van der Waals surface area contributed by atoms with Gasteiger partial charge in [0.25, 0.3) is 0 Å². The van der Waals surface area contributed by atoms with Crippen molar-refractivity contribution in [3.63, 3.8) is 0 Å². The maximum Gasteiger partial charge on any atom is 0.227 e. The van der Waals surface area contributed by atoms with Gasteiger partial charge in [0.1, 0.15) is 0 Å². The fraction of sp³-hybridized carbons (Fsp3) is 0.267. The summed E-state index contributed by atoms with van der Waals surface area (Å²) in [5, 5.41) is 12.4. The molecule has 21 heavy (non-hydrogen) atoms. The molecule has 2 aromatic heterocycles. The van der Waals surface area contributed by atoms with Crippen molar-refractivity contribution >= 4 is 22.6 Å². The molecule has 0 aliphatic rings. The average molecular weight is 283 g/mol. The topological polar surface area (TPSA) is 64.7 Å². The molecule has 0 saturated carbocycles. The molecule has 2 heterocycles. The first-order valence-electron chi connectivity index (χ1n) is 6.84. The second-order valence-corrected chi connectivity index (χ2v) is 5.05. The summed E-state index contributed by atoms with van der Waals surface area (Å²) in [5.74, 6) is 0.508. The van der Waals surface area contributed by atoms with Crippen LogP contribution >= 0.6 is 0 Å². The molecule has 3 aromatic rings. The smallest absolute Gasteiger partial charge is 0.227 e. The molecule has 0 aliphatic carbocycles. The lowest BCUT2D eigenvalue weighted by Gasteiger charge is -2.04. The van der Waals surface area contributed by atoms with Crippen molar-refractivity contribution in [1.29, 1.82) is 0 Å². The van der Waals surface area contributed by atoms with Crippen LogP contribution < -0.4 is 5.32 Å². The van der Waals surface area contributed by atoms with Crippen molar-refractivity contribution in [2.75, 3.05) is 5.32 Å². The molecular weight excluding hydrogens is 266 g/mol. The number of aryl methyl sites for hydroxylation is 3. The van der Waals surface area contributed by atoms with Crippen LogP contribution in [-0.4, -0.2) is 25.5 Å². The molecule has 1 amide bonds. The Bertz CT molecular complexity index is 786. The molecule has 0 aliphatic heterocycles. The highest BCUT2D eigenvalue weighted by atomic mass is 16.1. The number of hydrogen-bond donors (Lipinski definition) is 1. The Labute approximate surface area is 122 Å². The summed E-state index contributed by atoms with van der Waals surface area (Å²) in [5.41, 5.74) is 2.25. The Morgan fingerprint density at radius 2 is 2.19 bits per heavy atom. The second-order valence-electron chi connectivity index (χ2n) is 5.05. The predicted molar refractivity (Wildman–Crippen MR) is 80.9 cm³/mol. The van der Waals surface area contributed by atoms with Crippen LogP contribution in [0, 0.1) is 6.92 Å². The summed E-state index contributed by atoms with van der Waals surface area (Å²) in [6.45, 7) is 2.60. The number of amides is 1. The number of carbonyl (C=O) groups excluding carboxylic acids is 1. The van der Waals surface area contributed by atoms with Crippen molar-refractivity contribution in [3.8, 4) is 0 Å². The number of nitrogens with zero attached hydrogens (tertiary/aromatic N) is 4. The van der Waals surface area contributed by atoms with Gasteiger partial charge < -0.3 is 5.32 Å². The van der Waals surface area contributed by atoms with Crippen LogP contribution in [0.1, 0.15) is 12.0 Å². The van der Waals surface area contributed by atoms with E-state index in [1.165, 1.54) is 5.56 Å². The monoisotopic (exact) mass is 283 g/mol. The molecule has 0 fully saturated rings. The second kappa shape index (κ2) is 5.40. The summed E-state index contributed by atoms with van der Waals surface area (Å²) in [4.78, 5) is 11.9. The van der Waals surface area contributed by atoms with E-state index in [0.29, 0.717) is 18.8 Å². The maximum atomic E-state index is 11.9. The van der Waals surface area contributed by atoms with Crippen LogP contribution in [0.2, 0.25) is 0 Å². The summed E-state index contributed by atoms with van der Waals surface area (Å²) in [7, 11) is 1.81. The van der Waals surface area contributed by atoms with E-state index >= 15 is 0 Å². The van der Waals surface area contributed by atoms with Gasteiger partial charge in [-0.25, -0.2) is 0 Å². The fourth-order valence-electron chi connectivity index (χ4n) is 2.32. The maximum absolute atomic E-state index is 11.9. The summed E-state index contributed by atoms with van der Waals surface area (Å²) >= 11 is 0. The zero-order chi connectivity index (χ0) is 14.8. The summed E-state index contributed by atoms with van der Waals surface area (Å²) in [6.07, 6.45) is 4.00. The van der Waals surface area contributed by atoms with Gasteiger partial charge in [-0.3, -0.25) is 14.2 Å². The van der Waals surface area contributed by atoms with Crippen molar-refractivity contribution < 1.29 is 4.79 Å². The van der Waals surface area contributed by atoms with Crippen LogP contribution in [-0.2, 0) is 18.4 Å². The summed E-state index contributed by atoms with van der Waals surface area (Å²) < 4.78 is 3.51. The normalized spacial score (nSPS) is 11.0. The van der Waals surface area contributed by atoms with Crippen LogP contribution in [0.5, 0.6) is 0 Å². The predicted octanol–water partition coefficient (Wildman–Crippen LogP) is 2.11. The summed E-state index contributed by atoms with van der Waals surface area (Å²) in [6, 6.07) is 7.85. The lowest BCUT2D eigenvalue weighted by Crippen LogP contribution is -2.15. The Kier molecular flexibility index (Phi) is 3.43. The minimum atomic E-state index is -0.0648. The lowest BCUT2D eigenvalue weighted by atomic mass is 10.1. The molecule has 0 atom stereocenters. The van der Waals surface area contributed by atoms with E-state index in [-0.39, 0.29) is 5.91 Å². The highest BCUT2D eigenvalue weighted by molar-refractivity contribution is 5.89. The molecule has 1 N–H and O–H groups in total. The molecule has 6 heteroatoms. The van der Waals surface area contributed by atoms with Crippen LogP contribution in [0.15, 0.2) is 36.7 Å². The largest absolute Gasteiger partial charge is 0.309 e. The molecule has 0 bridgehead atoms. The number of benzene rings is 1. The zero-order valence-electron chi connectivity index (χ0n) is 12.1. The molecule has 0 unspecified atom stereocenters. The highest BCUT2D eigenvalue weighted by Gasteiger charge is 2.08. The van der Waals surface area contributed by atoms with Crippen molar-refractivity contribution in [2.24, 2.45) is 7.05 Å². The van der Waals surface area contributed by atoms with Crippen LogP contribution in [0.3, 0.4) is 0 Å². The molecule has 0 saturated heterocycles. The molecule has 1 aromatic carbocycles. The number of fused-ring (bicyclic) bond motifs is 1. The van der Waals surface area contributed by atoms with Crippen molar-refractivity contribution in [2.45, 2.75) is 19.9 Å². The third-order valence-corrected chi connectivity index (χ3v) is 3.44. The first-order valence-corrected chi connectivity index (χ1v) is 6.84. The molecule has 3 rings (SSSR count). The van der Waals surface area contributed by atoms with Gasteiger partial charge in [0.2, 0.25) is 5.91 Å². The number of carbonyl (C=O) groups is 1. The standard InChI is InChI=1S/C15H17N5O/c1-11-4-3-5-13-12(11)10-16-20(13)9-7-15(21)17-14-6-8-19(2)18-14/h3-6,8,10H,7,9H2,1-2H3,(H,17,18,21). The third kappa shape index (κ3) is 2.79. The number of anilines is 1. The Balaban J connectivity index is 1.66. The lowest BCUT2D eigenvalue weighted by molar-refractivity contribution is -0.116. The van der Waals surface area contributed by atoms with Gasteiger partial charge in [0.05, 0.1) is 18.3 Å². The van der Waals surface area contributed by atoms with E-state index in [0.717, 1.165) is 10.9 Å². The van der Waals surface area contributed by atoms with Gasteiger partial charge in [-0.1, -0.05) is 12.1 Å². The number of rotatable bonds is 4. The quantitative estimate of drug-likeness (QED) is 0.797. The van der Waals surface area contributed by atoms with Crippen molar-refractivity contribution in [3.05, 3.63) is 42.2 Å². The first-order chi connectivity index (χ1) is 10.1. The van der Waals surface area contributed by atoms with E-state index in [4.69, 9.17) is 0 Å². The van der Waals surface area contributed by atoms with E-state index < -0.39 is 0 Å². The van der Waals surface area contributed by atoms with Gasteiger partial charge >= 0.3 is 0 Å². The molecule has 0 radical (unpaired) electrons. The zero-order valence-corrected chi connectivity index (χ0v) is 12.1. The van der Waals surface area contributed by atoms with E-state index in [1.54, 1.807) is 16.9 Å². The van der Waals surface area contributed by atoms with Gasteiger partial charge in [0.15, 0.2) is 5.82 Å². The molecule has 108 valence electrons. The molecule has 6 nitrogen and oxygen atoms in total. The minimum Gasteiger partial charge on any atom is -0.309 e. The SMILES string of the molecule is Cc1cccc2c1cnn2CCC(=O)Nc1ccn(C)n1. The Morgan fingerprint density at radius 1 is 1.33 bits per heavy atom. The van der Waals surface area contributed by atoms with Crippen molar-refractivity contribution in [1.82, 2.24) is 19.6 Å². The van der Waals surface area contributed by atoms with E-state index in [2.05, 4.69) is 28.5 Å². The molecular formula is C15H17N5O. The molecule has 0 spiro atoms. The van der Waals surface area contributed by atoms with Gasteiger partial charge in [-0.2, -0.15) is 10.2 Å². The number of nitrogens with one attached hydrogen (secondary N) is 1. The fourth-order valence-corrected chi connectivity index (χ4v) is 2.32. The van der Waals surface area contributed by atoms with Gasteiger partial charge in [0, 0.05) is 31.1 Å². The van der Waals surface area contributed by atoms with Gasteiger partial charge in [-0.15, -0.1) is 0 Å². The van der Waals surface area contributed by atoms with Crippen LogP contribution in [0.4, 0.5) is 5.82 Å². The van der Waals surface area contributed by atoms with E-state index in [1.807, 2.05) is 30.1 Å². The van der Waals surface area contributed by atoms with Gasteiger partial charge in [-0.05, 0) is 18.6 Å². The number of aromatic nitrogens is 4. The Hall–Kier alpha value is -2.63.